The minimum absolute atomic E-state index is 0.170. The van der Waals surface area contributed by atoms with Gasteiger partial charge < -0.3 is 26.2 Å². The van der Waals surface area contributed by atoms with E-state index >= 15 is 0 Å². The number of anilines is 1. The quantitative estimate of drug-likeness (QED) is 0.246. The molecule has 10 heteroatoms. The summed E-state index contributed by atoms with van der Waals surface area (Å²) in [6.45, 7) is 6.68. The minimum atomic E-state index is -1.06. The van der Waals surface area contributed by atoms with Gasteiger partial charge in [-0.1, -0.05) is 28.2 Å². The van der Waals surface area contributed by atoms with Gasteiger partial charge in [-0.2, -0.15) is 0 Å². The summed E-state index contributed by atoms with van der Waals surface area (Å²) in [4.78, 5) is 33.2. The number of hydrogen-bond donors (Lipinski definition) is 4. The highest BCUT2D eigenvalue weighted by Gasteiger charge is 2.18. The number of nitrogens with two attached hydrogens (primary N) is 1. The molecule has 2 unspecified atom stereocenters. The maximum atomic E-state index is 11.4. The summed E-state index contributed by atoms with van der Waals surface area (Å²) in [5, 5.41) is 14.2. The zero-order valence-corrected chi connectivity index (χ0v) is 16.7. The van der Waals surface area contributed by atoms with E-state index < -0.39 is 18.1 Å². The maximum Gasteiger partial charge on any atom is 0.321 e. The van der Waals surface area contributed by atoms with Gasteiger partial charge in [-0.3, -0.25) is 14.4 Å². The van der Waals surface area contributed by atoms with Gasteiger partial charge >= 0.3 is 5.97 Å². The summed E-state index contributed by atoms with van der Waals surface area (Å²) in [7, 11) is 2.67. The predicted octanol–water partition coefficient (Wildman–Crippen LogP) is 1.84. The molecule has 0 saturated heterocycles. The van der Waals surface area contributed by atoms with Crippen LogP contribution < -0.4 is 21.1 Å². The highest BCUT2D eigenvalue weighted by molar-refractivity contribution is 8.76. The van der Waals surface area contributed by atoms with Crippen LogP contribution in [0.15, 0.2) is 36.6 Å². The third-order valence-corrected chi connectivity index (χ3v) is 5.52. The number of aliphatic carboxylic acids is 1. The van der Waals surface area contributed by atoms with Crippen LogP contribution in [0, 0.1) is 0 Å². The van der Waals surface area contributed by atoms with Crippen molar-refractivity contribution >= 4 is 45.1 Å². The fraction of sp³-hybridized carbons (Fsp3) is 0.353. The lowest BCUT2D eigenvalue weighted by Gasteiger charge is -2.20. The van der Waals surface area contributed by atoms with E-state index in [1.807, 2.05) is 0 Å². The molecule has 0 bridgehead atoms. The summed E-state index contributed by atoms with van der Waals surface area (Å²) in [5.74, 6) is 0.0547. The third-order valence-electron chi connectivity index (χ3n) is 3.07. The highest BCUT2D eigenvalue weighted by Crippen LogP contribution is 2.25. The molecule has 5 N–H and O–H groups in total. The first-order valence-corrected chi connectivity index (χ1v) is 10.4. The van der Waals surface area contributed by atoms with Crippen molar-refractivity contribution in [3.63, 3.8) is 0 Å². The third kappa shape index (κ3) is 9.36. The zero-order valence-electron chi connectivity index (χ0n) is 15.1. The standard InChI is InChI=1S/C17H23N3O5S2/c1-10(25-14-6-4-13(5-7-14)19-11(2)21)16(20-12(3)22)9-27-26-8-15(18)17(23)24/h4-7,15-16H,1,8-9,18H2,2-3H3,(H,19,21)(H,20,22)(H,23,24). The number of carboxylic acid groups (broad SMARTS) is 1. The molecule has 0 aliphatic heterocycles. The molecule has 0 aromatic heterocycles. The molecule has 0 aliphatic carbocycles. The normalized spacial score (nSPS) is 12.6. The van der Waals surface area contributed by atoms with Crippen molar-refractivity contribution in [2.24, 2.45) is 5.73 Å². The fourth-order valence-corrected chi connectivity index (χ4v) is 4.11. The zero-order chi connectivity index (χ0) is 20.4. The average Bonchev–Trinajstić information content (AvgIpc) is 2.58. The number of carboxylic acids is 1. The molecule has 0 radical (unpaired) electrons. The molecule has 0 fully saturated rings. The monoisotopic (exact) mass is 413 g/mol. The largest absolute Gasteiger partial charge is 0.480 e. The van der Waals surface area contributed by atoms with Crippen molar-refractivity contribution in [3.8, 4) is 5.75 Å². The Morgan fingerprint density at radius 2 is 1.74 bits per heavy atom. The Bertz CT molecular complexity index is 682. The first kappa shape index (κ1) is 22.9. The van der Waals surface area contributed by atoms with Gasteiger partial charge in [0.1, 0.15) is 17.6 Å². The number of hydrogen-bond acceptors (Lipinski definition) is 7. The Balaban J connectivity index is 2.59. The van der Waals surface area contributed by atoms with Crippen LogP contribution in [0.25, 0.3) is 0 Å². The number of nitrogens with one attached hydrogen (secondary N) is 2. The minimum Gasteiger partial charge on any atom is -0.480 e. The van der Waals surface area contributed by atoms with E-state index in [0.717, 1.165) is 0 Å². The molecule has 1 aromatic carbocycles. The van der Waals surface area contributed by atoms with E-state index in [1.165, 1.54) is 35.4 Å². The van der Waals surface area contributed by atoms with Crippen molar-refractivity contribution in [3.05, 3.63) is 36.6 Å². The van der Waals surface area contributed by atoms with Crippen LogP contribution in [-0.2, 0) is 14.4 Å². The summed E-state index contributed by atoms with van der Waals surface area (Å²) < 4.78 is 5.69. The van der Waals surface area contributed by atoms with Gasteiger partial charge in [0.2, 0.25) is 11.8 Å². The predicted molar refractivity (Wildman–Crippen MR) is 109 cm³/mol. The van der Waals surface area contributed by atoms with Crippen molar-refractivity contribution in [2.75, 3.05) is 16.8 Å². The van der Waals surface area contributed by atoms with E-state index in [1.54, 1.807) is 24.3 Å². The second-order valence-corrected chi connectivity index (χ2v) is 8.09. The molecule has 0 spiro atoms. The van der Waals surface area contributed by atoms with Crippen LogP contribution in [0.4, 0.5) is 5.69 Å². The molecule has 1 rings (SSSR count). The van der Waals surface area contributed by atoms with Crippen LogP contribution in [0.1, 0.15) is 13.8 Å². The Labute approximate surface area is 165 Å². The van der Waals surface area contributed by atoms with Crippen molar-refractivity contribution < 1.29 is 24.2 Å². The van der Waals surface area contributed by atoms with Crippen LogP contribution in [0.2, 0.25) is 0 Å². The van der Waals surface area contributed by atoms with E-state index in [9.17, 15) is 14.4 Å². The summed E-state index contributed by atoms with van der Waals surface area (Å²) in [5.41, 5.74) is 6.09. The molecule has 148 valence electrons. The van der Waals surface area contributed by atoms with Gasteiger partial charge in [-0.05, 0) is 24.3 Å². The maximum absolute atomic E-state index is 11.4. The summed E-state index contributed by atoms with van der Waals surface area (Å²) in [6, 6.07) is 5.33. The smallest absolute Gasteiger partial charge is 0.321 e. The van der Waals surface area contributed by atoms with Gasteiger partial charge in [-0.25, -0.2) is 0 Å². The number of carbonyl (C=O) groups is 3. The Hall–Kier alpha value is -2.17. The number of carbonyl (C=O) groups excluding carboxylic acids is 2. The number of benzene rings is 1. The lowest BCUT2D eigenvalue weighted by atomic mass is 10.2. The van der Waals surface area contributed by atoms with Gasteiger partial charge in [0.05, 0.1) is 6.04 Å². The van der Waals surface area contributed by atoms with Crippen LogP contribution in [0.5, 0.6) is 5.75 Å². The molecule has 8 nitrogen and oxygen atoms in total. The average molecular weight is 414 g/mol. The van der Waals surface area contributed by atoms with Crippen LogP contribution in [-0.4, -0.2) is 46.5 Å². The Morgan fingerprint density at radius 1 is 1.15 bits per heavy atom. The van der Waals surface area contributed by atoms with Crippen LogP contribution in [0.3, 0.4) is 0 Å². The number of rotatable bonds is 11. The molecule has 0 heterocycles. The molecule has 2 atom stereocenters. The first-order chi connectivity index (χ1) is 12.7. The summed E-state index contributed by atoms with van der Waals surface area (Å²) in [6.07, 6.45) is 0. The molecule has 2 amide bonds. The van der Waals surface area contributed by atoms with Gasteiger partial charge in [0.25, 0.3) is 0 Å². The Kier molecular flexibility index (Phi) is 9.76. The lowest BCUT2D eigenvalue weighted by molar-refractivity contribution is -0.138. The lowest BCUT2D eigenvalue weighted by Crippen LogP contribution is -2.38. The van der Waals surface area contributed by atoms with Gasteiger partial charge in [0, 0.05) is 31.0 Å². The van der Waals surface area contributed by atoms with E-state index in [-0.39, 0.29) is 17.6 Å². The van der Waals surface area contributed by atoms with E-state index in [0.29, 0.717) is 22.9 Å². The molecule has 0 aliphatic rings. The Morgan fingerprint density at radius 3 is 2.26 bits per heavy atom. The highest BCUT2D eigenvalue weighted by atomic mass is 33.1. The van der Waals surface area contributed by atoms with E-state index in [4.69, 9.17) is 15.6 Å². The summed E-state index contributed by atoms with van der Waals surface area (Å²) >= 11 is 0. The first-order valence-electron chi connectivity index (χ1n) is 7.93. The SMILES string of the molecule is C=C(Oc1ccc(NC(C)=O)cc1)C(CSSCC(N)C(=O)O)NC(C)=O. The molecule has 0 saturated carbocycles. The van der Waals surface area contributed by atoms with Gasteiger partial charge in [0.15, 0.2) is 0 Å². The van der Waals surface area contributed by atoms with E-state index in [2.05, 4.69) is 17.2 Å². The molecule has 1 aromatic rings. The molecular weight excluding hydrogens is 390 g/mol. The van der Waals surface area contributed by atoms with Gasteiger partial charge in [-0.15, -0.1) is 0 Å². The second kappa shape index (κ2) is 11.5. The topological polar surface area (TPSA) is 131 Å². The molecule has 27 heavy (non-hydrogen) atoms. The number of amides is 2. The van der Waals surface area contributed by atoms with Crippen molar-refractivity contribution in [1.29, 1.82) is 0 Å². The van der Waals surface area contributed by atoms with Crippen LogP contribution >= 0.6 is 21.6 Å². The number of ether oxygens (including phenoxy) is 1. The molecular formula is C17H23N3O5S2. The van der Waals surface area contributed by atoms with Crippen molar-refractivity contribution in [1.82, 2.24) is 5.32 Å². The second-order valence-electron chi connectivity index (χ2n) is 5.54. The van der Waals surface area contributed by atoms with Crippen molar-refractivity contribution in [2.45, 2.75) is 25.9 Å². The fourth-order valence-electron chi connectivity index (χ4n) is 1.80.